The van der Waals surface area contributed by atoms with Gasteiger partial charge >= 0.3 is 0 Å². The van der Waals surface area contributed by atoms with Crippen molar-refractivity contribution in [3.63, 3.8) is 0 Å². The van der Waals surface area contributed by atoms with Gasteiger partial charge in [0.15, 0.2) is 0 Å². The molecule has 28 heavy (non-hydrogen) atoms. The number of sulfonamides is 1. The third kappa shape index (κ3) is 5.93. The molecule has 9 heteroatoms. The van der Waals surface area contributed by atoms with Gasteiger partial charge in [-0.2, -0.15) is 0 Å². The van der Waals surface area contributed by atoms with Gasteiger partial charge in [0, 0.05) is 12.6 Å². The minimum absolute atomic E-state index is 0.215. The fourth-order valence-electron chi connectivity index (χ4n) is 2.57. The summed E-state index contributed by atoms with van der Waals surface area (Å²) in [5.41, 5.74) is 0.487. The molecule has 0 aliphatic carbocycles. The summed E-state index contributed by atoms with van der Waals surface area (Å²) in [4.78, 5) is 16.2. The highest BCUT2D eigenvalue weighted by molar-refractivity contribution is 7.89. The van der Waals surface area contributed by atoms with E-state index in [0.29, 0.717) is 16.5 Å². The number of benzene rings is 1. The minimum atomic E-state index is -3.66. The van der Waals surface area contributed by atoms with Gasteiger partial charge in [0.2, 0.25) is 10.0 Å². The van der Waals surface area contributed by atoms with Crippen LogP contribution in [0.5, 0.6) is 0 Å². The zero-order valence-electron chi connectivity index (χ0n) is 16.4. The Morgan fingerprint density at radius 1 is 1.29 bits per heavy atom. The summed E-state index contributed by atoms with van der Waals surface area (Å²) in [7, 11) is 0.829. The van der Waals surface area contributed by atoms with Gasteiger partial charge in [-0.3, -0.25) is 9.79 Å². The summed E-state index contributed by atoms with van der Waals surface area (Å²) in [6, 6.07) is 4.62. The number of carbonyl (C=O) groups excluding carboxylic acids is 1. The Bertz CT molecular complexity index is 1010. The maximum Gasteiger partial charge on any atom is 0.251 e. The highest BCUT2D eigenvalue weighted by Gasteiger charge is 2.20. The van der Waals surface area contributed by atoms with Crippen molar-refractivity contribution in [1.82, 2.24) is 10.0 Å². The van der Waals surface area contributed by atoms with Crippen LogP contribution in [0.15, 0.2) is 46.9 Å². The van der Waals surface area contributed by atoms with E-state index in [1.807, 2.05) is 0 Å². The van der Waals surface area contributed by atoms with Crippen LogP contribution >= 0.6 is 0 Å². The zero-order chi connectivity index (χ0) is 20.7. The van der Waals surface area contributed by atoms with E-state index in [0.717, 1.165) is 5.36 Å². The third-order valence-electron chi connectivity index (χ3n) is 4.11. The molecule has 0 bridgehead atoms. The van der Waals surface area contributed by atoms with E-state index in [9.17, 15) is 13.2 Å². The number of hydrogen-bond acceptors (Lipinski definition) is 6. The van der Waals surface area contributed by atoms with Crippen LogP contribution in [0.2, 0.25) is 0 Å². The highest BCUT2D eigenvalue weighted by Crippen LogP contribution is 2.05. The van der Waals surface area contributed by atoms with Gasteiger partial charge in [0.1, 0.15) is 11.5 Å². The number of amides is 1. The van der Waals surface area contributed by atoms with E-state index >= 15 is 0 Å². The minimum Gasteiger partial charge on any atom is -0.501 e. The molecule has 1 atom stereocenters. The topological polar surface area (TPSA) is 106 Å². The molecule has 1 heterocycles. The molecule has 0 radical (unpaired) electrons. The Kier molecular flexibility index (Phi) is 7.36. The van der Waals surface area contributed by atoms with Gasteiger partial charge in [-0.15, -0.1) is 0 Å². The number of ether oxygens (including phenoxy) is 2. The zero-order valence-corrected chi connectivity index (χ0v) is 17.2. The van der Waals surface area contributed by atoms with E-state index in [-0.39, 0.29) is 24.0 Å². The van der Waals surface area contributed by atoms with Gasteiger partial charge in [-0.1, -0.05) is 6.08 Å². The van der Waals surface area contributed by atoms with E-state index in [1.54, 1.807) is 50.4 Å². The molecule has 1 aliphatic heterocycles. The number of allylic oxidation sites excluding steroid dienone is 3. The Morgan fingerprint density at radius 2 is 2.04 bits per heavy atom. The van der Waals surface area contributed by atoms with Crippen LogP contribution in [-0.2, 0) is 19.5 Å². The van der Waals surface area contributed by atoms with Crippen LogP contribution in [0.1, 0.15) is 17.3 Å². The Balaban J connectivity index is 2.19. The molecule has 1 aromatic carbocycles. The lowest BCUT2D eigenvalue weighted by Gasteiger charge is -2.16. The predicted octanol–water partition coefficient (Wildman–Crippen LogP) is -0.172. The van der Waals surface area contributed by atoms with Crippen LogP contribution in [-0.4, -0.2) is 53.9 Å². The van der Waals surface area contributed by atoms with E-state index < -0.39 is 16.1 Å². The molecule has 2 rings (SSSR count). The summed E-state index contributed by atoms with van der Waals surface area (Å²) in [6.07, 6.45) is 4.95. The van der Waals surface area contributed by atoms with E-state index in [2.05, 4.69) is 15.0 Å². The number of nitrogens with one attached hydrogen (secondary N) is 2. The van der Waals surface area contributed by atoms with Crippen LogP contribution in [0.3, 0.4) is 0 Å². The average Bonchev–Trinajstić information content (AvgIpc) is 2.69. The van der Waals surface area contributed by atoms with Crippen molar-refractivity contribution >= 4 is 22.0 Å². The normalized spacial score (nSPS) is 17.1. The van der Waals surface area contributed by atoms with Gasteiger partial charge in [0.25, 0.3) is 5.91 Å². The van der Waals surface area contributed by atoms with Crippen molar-refractivity contribution in [2.75, 3.05) is 33.6 Å². The summed E-state index contributed by atoms with van der Waals surface area (Å²) in [5, 5.41) is 3.99. The molecule has 1 unspecified atom stereocenters. The standard InChI is InChI=1S/C19H25N3O5S/c1-13(26-3)5-7-17(27-4)12-28(24,25)22-16-10-15-9-14(19(23)20-2)6-8-18(15)21-11-16/h5-10,16,22H,11-12H2,1-4H3,(H,20,23)/b13-5+,17-7+. The summed E-state index contributed by atoms with van der Waals surface area (Å²) < 4.78 is 37.8. The lowest BCUT2D eigenvalue weighted by atomic mass is 10.1. The molecular formula is C19H25N3O5S. The highest BCUT2D eigenvalue weighted by atomic mass is 32.2. The predicted molar refractivity (Wildman–Crippen MR) is 107 cm³/mol. The summed E-state index contributed by atoms with van der Waals surface area (Å²) in [5.74, 6) is 0.377. The first-order chi connectivity index (χ1) is 13.3. The molecule has 1 aromatic rings. The first-order valence-electron chi connectivity index (χ1n) is 8.62. The van der Waals surface area contributed by atoms with Gasteiger partial charge in [-0.25, -0.2) is 13.1 Å². The van der Waals surface area contributed by atoms with Crippen LogP contribution in [0.4, 0.5) is 0 Å². The molecule has 152 valence electrons. The molecule has 0 saturated heterocycles. The van der Waals surface area contributed by atoms with Crippen LogP contribution < -0.4 is 20.6 Å². The van der Waals surface area contributed by atoms with Crippen molar-refractivity contribution in [1.29, 1.82) is 0 Å². The monoisotopic (exact) mass is 407 g/mol. The van der Waals surface area contributed by atoms with Crippen molar-refractivity contribution < 1.29 is 22.7 Å². The fraction of sp³-hybridized carbons (Fsp3) is 0.368. The molecule has 8 nitrogen and oxygen atoms in total. The van der Waals surface area contributed by atoms with Crippen molar-refractivity contribution in [2.45, 2.75) is 13.0 Å². The maximum absolute atomic E-state index is 12.5. The molecule has 1 aliphatic rings. The van der Waals surface area contributed by atoms with Gasteiger partial charge in [-0.05, 0) is 42.5 Å². The first kappa shape index (κ1) is 21.6. The molecule has 1 amide bonds. The van der Waals surface area contributed by atoms with E-state index in [1.165, 1.54) is 14.2 Å². The third-order valence-corrected chi connectivity index (χ3v) is 5.43. The molecule has 2 N–H and O–H groups in total. The number of hydrogen-bond donors (Lipinski definition) is 2. The number of methoxy groups -OCH3 is 2. The van der Waals surface area contributed by atoms with Crippen molar-refractivity contribution in [3.8, 4) is 0 Å². The molecule has 0 aromatic heterocycles. The Morgan fingerprint density at radius 3 is 2.68 bits per heavy atom. The Labute approximate surface area is 164 Å². The summed E-state index contributed by atoms with van der Waals surface area (Å²) in [6.45, 7) is 2.03. The van der Waals surface area contributed by atoms with E-state index in [4.69, 9.17) is 9.47 Å². The number of fused-ring (bicyclic) bond motifs is 1. The molecular weight excluding hydrogens is 382 g/mol. The lowest BCUT2D eigenvalue weighted by Crippen LogP contribution is -2.43. The Hall–Kier alpha value is -2.65. The average molecular weight is 407 g/mol. The maximum atomic E-state index is 12.5. The summed E-state index contributed by atoms with van der Waals surface area (Å²) >= 11 is 0. The van der Waals surface area contributed by atoms with Crippen LogP contribution in [0, 0.1) is 0 Å². The SMILES string of the molecule is CNC(=O)c1ccc2c(c1)=CC(NS(=O)(=O)C/C(=C\C=C(/C)OC)OC)CN=2. The lowest BCUT2D eigenvalue weighted by molar-refractivity contribution is 0.0963. The van der Waals surface area contributed by atoms with Crippen molar-refractivity contribution in [2.24, 2.45) is 4.99 Å². The van der Waals surface area contributed by atoms with Gasteiger partial charge < -0.3 is 14.8 Å². The number of carbonyl (C=O) groups is 1. The molecule has 0 saturated carbocycles. The first-order valence-corrected chi connectivity index (χ1v) is 10.3. The van der Waals surface area contributed by atoms with Gasteiger partial charge in [0.05, 0.1) is 37.9 Å². The van der Waals surface area contributed by atoms with Crippen LogP contribution in [0.25, 0.3) is 6.08 Å². The second kappa shape index (κ2) is 9.52. The second-order valence-corrected chi connectivity index (χ2v) is 7.92. The largest absolute Gasteiger partial charge is 0.501 e. The second-order valence-electron chi connectivity index (χ2n) is 6.16. The number of rotatable bonds is 8. The van der Waals surface area contributed by atoms with Crippen molar-refractivity contribution in [3.05, 3.63) is 58.0 Å². The quantitative estimate of drug-likeness (QED) is 0.460. The number of nitrogens with zero attached hydrogens (tertiary/aromatic N) is 1. The fourth-order valence-corrected chi connectivity index (χ4v) is 3.84. The molecule has 0 fully saturated rings. The molecule has 0 spiro atoms. The smallest absolute Gasteiger partial charge is 0.251 e.